The molecule has 1 aliphatic heterocycles. The van der Waals surface area contributed by atoms with Gasteiger partial charge in [0.1, 0.15) is 11.5 Å². The number of ether oxygens (including phenoxy) is 4. The molecule has 0 N–H and O–H groups in total. The predicted octanol–water partition coefficient (Wildman–Crippen LogP) is 5.11. The van der Waals surface area contributed by atoms with Crippen molar-refractivity contribution < 1.29 is 18.9 Å². The Morgan fingerprint density at radius 3 is 1.44 bits per heavy atom. The first kappa shape index (κ1) is 20.4. The van der Waals surface area contributed by atoms with Gasteiger partial charge in [0.05, 0.1) is 26.4 Å². The van der Waals surface area contributed by atoms with Gasteiger partial charge in [0.25, 0.3) is 0 Å². The van der Waals surface area contributed by atoms with Gasteiger partial charge < -0.3 is 18.9 Å². The highest BCUT2D eigenvalue weighted by Crippen LogP contribution is 2.35. The van der Waals surface area contributed by atoms with Crippen LogP contribution in [-0.4, -0.2) is 43.7 Å². The summed E-state index contributed by atoms with van der Waals surface area (Å²) in [7, 11) is 3.36. The molecule has 2 aromatic carbocycles. The van der Waals surface area contributed by atoms with E-state index < -0.39 is 5.79 Å². The van der Waals surface area contributed by atoms with Crippen molar-refractivity contribution in [1.29, 1.82) is 0 Å². The van der Waals surface area contributed by atoms with Gasteiger partial charge in [-0.15, -0.1) is 23.5 Å². The summed E-state index contributed by atoms with van der Waals surface area (Å²) in [6.07, 6.45) is 0.107. The van der Waals surface area contributed by atoms with Crippen LogP contribution in [-0.2, 0) is 9.47 Å². The van der Waals surface area contributed by atoms with Gasteiger partial charge >= 0.3 is 0 Å². The predicted molar refractivity (Wildman–Crippen MR) is 111 cm³/mol. The van der Waals surface area contributed by atoms with E-state index in [1.165, 1.54) is 9.79 Å². The number of hydrogen-bond acceptors (Lipinski definition) is 6. The molecule has 0 aliphatic carbocycles. The van der Waals surface area contributed by atoms with Crippen molar-refractivity contribution >= 4 is 23.5 Å². The number of hydrogen-bond donors (Lipinski definition) is 0. The SMILES string of the molecule is COc1ccc(SC[C@@H]2OC(C)(C)O[C@H]2CSc2ccc(OC)cc2)cc1. The molecule has 0 amide bonds. The maximum Gasteiger partial charge on any atom is 0.163 e. The van der Waals surface area contributed by atoms with Crippen LogP contribution >= 0.6 is 23.5 Å². The van der Waals surface area contributed by atoms with E-state index in [0.29, 0.717) is 0 Å². The highest BCUT2D eigenvalue weighted by atomic mass is 32.2. The highest BCUT2D eigenvalue weighted by molar-refractivity contribution is 7.99. The summed E-state index contributed by atoms with van der Waals surface area (Å²) >= 11 is 3.56. The molecule has 0 unspecified atom stereocenters. The van der Waals surface area contributed by atoms with Gasteiger partial charge in [-0.3, -0.25) is 0 Å². The molecule has 1 heterocycles. The quantitative estimate of drug-likeness (QED) is 0.567. The molecule has 1 aliphatic rings. The van der Waals surface area contributed by atoms with Crippen LogP contribution in [0.25, 0.3) is 0 Å². The maximum absolute atomic E-state index is 6.15. The standard InChI is InChI=1S/C21H26O4S2/c1-21(2)24-19(13-26-17-9-5-15(22-3)6-10-17)20(25-21)14-27-18-11-7-16(23-4)8-12-18/h5-12,19-20H,13-14H2,1-4H3/t19-,20-/m0/s1. The average Bonchev–Trinajstić information content (AvgIpc) is 2.99. The van der Waals surface area contributed by atoms with Gasteiger partial charge in [0, 0.05) is 21.3 Å². The monoisotopic (exact) mass is 406 g/mol. The van der Waals surface area contributed by atoms with Crippen LogP contribution in [0.2, 0.25) is 0 Å². The molecular weight excluding hydrogens is 380 g/mol. The van der Waals surface area contributed by atoms with E-state index in [1.54, 1.807) is 37.7 Å². The molecule has 146 valence electrons. The van der Waals surface area contributed by atoms with E-state index in [-0.39, 0.29) is 12.2 Å². The van der Waals surface area contributed by atoms with Gasteiger partial charge in [-0.1, -0.05) is 0 Å². The smallest absolute Gasteiger partial charge is 0.163 e. The maximum atomic E-state index is 6.15. The van der Waals surface area contributed by atoms with E-state index in [4.69, 9.17) is 18.9 Å². The molecule has 0 radical (unpaired) electrons. The topological polar surface area (TPSA) is 36.9 Å². The first-order chi connectivity index (χ1) is 13.0. The third-order valence-electron chi connectivity index (χ3n) is 4.23. The Balaban J connectivity index is 1.56. The van der Waals surface area contributed by atoms with Crippen molar-refractivity contribution in [2.45, 2.75) is 41.6 Å². The lowest BCUT2D eigenvalue weighted by atomic mass is 10.3. The van der Waals surface area contributed by atoms with Gasteiger partial charge in [-0.2, -0.15) is 0 Å². The summed E-state index contributed by atoms with van der Waals surface area (Å²) in [6.45, 7) is 3.96. The van der Waals surface area contributed by atoms with Gasteiger partial charge in [0.15, 0.2) is 5.79 Å². The summed E-state index contributed by atoms with van der Waals surface area (Å²) in [4.78, 5) is 2.40. The summed E-state index contributed by atoms with van der Waals surface area (Å²) in [5.74, 6) is 2.90. The summed E-state index contributed by atoms with van der Waals surface area (Å²) in [5.41, 5.74) is 0. The molecule has 0 aromatic heterocycles. The van der Waals surface area contributed by atoms with Crippen molar-refractivity contribution in [3.8, 4) is 11.5 Å². The fourth-order valence-corrected chi connectivity index (χ4v) is 4.83. The Morgan fingerprint density at radius 1 is 0.741 bits per heavy atom. The van der Waals surface area contributed by atoms with Crippen LogP contribution in [0.3, 0.4) is 0 Å². The van der Waals surface area contributed by atoms with E-state index in [2.05, 4.69) is 24.3 Å². The highest BCUT2D eigenvalue weighted by Gasteiger charge is 2.41. The molecular formula is C21H26O4S2. The van der Waals surface area contributed by atoms with Gasteiger partial charge in [-0.05, 0) is 62.4 Å². The Labute approximate surface area is 169 Å². The molecule has 1 saturated heterocycles. The third-order valence-corrected chi connectivity index (χ3v) is 6.43. The summed E-state index contributed by atoms with van der Waals surface area (Å²) < 4.78 is 22.7. The van der Waals surface area contributed by atoms with Crippen LogP contribution < -0.4 is 9.47 Å². The molecule has 6 heteroatoms. The first-order valence-electron chi connectivity index (χ1n) is 8.88. The average molecular weight is 407 g/mol. The first-order valence-corrected chi connectivity index (χ1v) is 10.9. The Morgan fingerprint density at radius 2 is 1.11 bits per heavy atom. The second-order valence-electron chi connectivity index (χ2n) is 6.69. The molecule has 2 aromatic rings. The molecule has 2 atom stereocenters. The van der Waals surface area contributed by atoms with Crippen molar-refractivity contribution in [3.05, 3.63) is 48.5 Å². The van der Waals surface area contributed by atoms with E-state index in [1.807, 2.05) is 38.1 Å². The van der Waals surface area contributed by atoms with Crippen molar-refractivity contribution in [2.24, 2.45) is 0 Å². The minimum absolute atomic E-state index is 0.0536. The summed E-state index contributed by atoms with van der Waals surface area (Å²) in [5, 5.41) is 0. The Hall–Kier alpha value is -1.34. The molecule has 0 spiro atoms. The fourth-order valence-electron chi connectivity index (χ4n) is 2.89. The van der Waals surface area contributed by atoms with E-state index in [9.17, 15) is 0 Å². The Bertz CT molecular complexity index is 654. The minimum Gasteiger partial charge on any atom is -0.497 e. The number of rotatable bonds is 8. The van der Waals surface area contributed by atoms with Crippen LogP contribution in [0, 0.1) is 0 Å². The zero-order valence-corrected chi connectivity index (χ0v) is 17.8. The molecule has 4 nitrogen and oxygen atoms in total. The third kappa shape index (κ3) is 5.82. The molecule has 0 saturated carbocycles. The summed E-state index contributed by atoms with van der Waals surface area (Å²) in [6, 6.07) is 16.2. The Kier molecular flexibility index (Phi) is 6.98. The fraction of sp³-hybridized carbons (Fsp3) is 0.429. The zero-order valence-electron chi connectivity index (χ0n) is 16.1. The van der Waals surface area contributed by atoms with Crippen LogP contribution in [0.15, 0.2) is 58.3 Å². The molecule has 27 heavy (non-hydrogen) atoms. The minimum atomic E-state index is -0.545. The lowest BCUT2D eigenvalue weighted by Gasteiger charge is -2.16. The van der Waals surface area contributed by atoms with Crippen LogP contribution in [0.5, 0.6) is 11.5 Å². The van der Waals surface area contributed by atoms with Crippen molar-refractivity contribution in [3.63, 3.8) is 0 Å². The zero-order chi connectivity index (χ0) is 19.3. The molecule has 1 fully saturated rings. The van der Waals surface area contributed by atoms with Gasteiger partial charge in [-0.25, -0.2) is 0 Å². The normalized spacial score (nSPS) is 21.2. The second-order valence-corrected chi connectivity index (χ2v) is 8.87. The van der Waals surface area contributed by atoms with Crippen molar-refractivity contribution in [1.82, 2.24) is 0 Å². The molecule has 3 rings (SSSR count). The van der Waals surface area contributed by atoms with Crippen LogP contribution in [0.1, 0.15) is 13.8 Å². The number of methoxy groups -OCH3 is 2. The number of benzene rings is 2. The number of thioether (sulfide) groups is 2. The van der Waals surface area contributed by atoms with E-state index in [0.717, 1.165) is 23.0 Å². The van der Waals surface area contributed by atoms with Gasteiger partial charge in [0.2, 0.25) is 0 Å². The molecule has 0 bridgehead atoms. The lowest BCUT2D eigenvalue weighted by Crippen LogP contribution is -2.27. The lowest BCUT2D eigenvalue weighted by molar-refractivity contribution is -0.142. The van der Waals surface area contributed by atoms with E-state index >= 15 is 0 Å². The van der Waals surface area contributed by atoms with Crippen LogP contribution in [0.4, 0.5) is 0 Å². The van der Waals surface area contributed by atoms with Crippen molar-refractivity contribution in [2.75, 3.05) is 25.7 Å². The second kappa shape index (κ2) is 9.24. The largest absolute Gasteiger partial charge is 0.497 e.